The van der Waals surface area contributed by atoms with Crippen LogP contribution in [0.2, 0.25) is 0 Å². The molecule has 0 aromatic rings. The third-order valence-electron chi connectivity index (χ3n) is 3.15. The van der Waals surface area contributed by atoms with Gasteiger partial charge in [0.15, 0.2) is 0 Å². The molecule has 1 aliphatic carbocycles. The van der Waals surface area contributed by atoms with E-state index in [4.69, 9.17) is 10.00 Å². The van der Waals surface area contributed by atoms with Crippen molar-refractivity contribution in [2.45, 2.75) is 25.3 Å². The highest BCUT2D eigenvalue weighted by atomic mass is 16.5. The van der Waals surface area contributed by atoms with E-state index in [1.165, 1.54) is 0 Å². The Morgan fingerprint density at radius 1 is 1.64 bits per heavy atom. The summed E-state index contributed by atoms with van der Waals surface area (Å²) in [5.74, 6) is -0.0181. The predicted octanol–water partition coefficient (Wildman–Crippen LogP) is 0.537. The summed E-state index contributed by atoms with van der Waals surface area (Å²) in [4.78, 5) is 13.6. The fourth-order valence-electron chi connectivity index (χ4n) is 1.83. The monoisotopic (exact) mass is 194 g/mol. The van der Waals surface area contributed by atoms with Gasteiger partial charge in [0.25, 0.3) is 0 Å². The highest BCUT2D eigenvalue weighted by Gasteiger charge is 2.52. The molecule has 0 aromatic carbocycles. The minimum atomic E-state index is -0.683. The maximum absolute atomic E-state index is 11.9. The first-order chi connectivity index (χ1) is 6.69. The third-order valence-corrected chi connectivity index (χ3v) is 3.15. The molecule has 0 N–H and O–H groups in total. The van der Waals surface area contributed by atoms with Crippen molar-refractivity contribution in [2.24, 2.45) is 5.41 Å². The van der Waals surface area contributed by atoms with Crippen molar-refractivity contribution >= 4 is 5.91 Å². The van der Waals surface area contributed by atoms with Gasteiger partial charge in [-0.1, -0.05) is 0 Å². The molecular formula is C10H14N2O2. The van der Waals surface area contributed by atoms with Crippen LogP contribution in [0.4, 0.5) is 0 Å². The average Bonchev–Trinajstić information content (AvgIpc) is 2.82. The molecule has 2 aliphatic rings. The largest absolute Gasteiger partial charge is 0.379 e. The minimum absolute atomic E-state index is 0.0181. The van der Waals surface area contributed by atoms with E-state index in [-0.39, 0.29) is 11.9 Å². The fraction of sp³-hybridized carbons (Fsp3) is 0.800. The molecule has 1 amide bonds. The Labute approximate surface area is 83.4 Å². The van der Waals surface area contributed by atoms with E-state index < -0.39 is 5.41 Å². The first kappa shape index (κ1) is 9.47. The highest BCUT2D eigenvalue weighted by Crippen LogP contribution is 2.46. The summed E-state index contributed by atoms with van der Waals surface area (Å²) in [6, 6.07) is 2.30. The second kappa shape index (κ2) is 3.25. The molecular weight excluding hydrogens is 180 g/mol. The Morgan fingerprint density at radius 3 is 2.79 bits per heavy atom. The first-order valence-electron chi connectivity index (χ1n) is 4.96. The van der Waals surface area contributed by atoms with Gasteiger partial charge < -0.3 is 9.64 Å². The van der Waals surface area contributed by atoms with E-state index in [0.717, 1.165) is 25.9 Å². The predicted molar refractivity (Wildman–Crippen MR) is 49.3 cm³/mol. The van der Waals surface area contributed by atoms with Gasteiger partial charge in [-0.25, -0.2) is 0 Å². The van der Waals surface area contributed by atoms with Crippen LogP contribution in [0.25, 0.3) is 0 Å². The van der Waals surface area contributed by atoms with Gasteiger partial charge in [0.2, 0.25) is 5.91 Å². The summed E-state index contributed by atoms with van der Waals surface area (Å²) in [6.45, 7) is 1.34. The zero-order valence-electron chi connectivity index (χ0n) is 8.32. The van der Waals surface area contributed by atoms with Crippen molar-refractivity contribution in [3.8, 4) is 6.07 Å². The van der Waals surface area contributed by atoms with E-state index in [1.54, 1.807) is 11.9 Å². The summed E-state index contributed by atoms with van der Waals surface area (Å²) in [5.41, 5.74) is -0.683. The minimum Gasteiger partial charge on any atom is -0.379 e. The zero-order chi connectivity index (χ0) is 10.2. The van der Waals surface area contributed by atoms with Crippen LogP contribution in [-0.4, -0.2) is 37.1 Å². The van der Waals surface area contributed by atoms with Gasteiger partial charge in [-0.3, -0.25) is 4.79 Å². The summed E-state index contributed by atoms with van der Waals surface area (Å²) in [5, 5.41) is 8.89. The van der Waals surface area contributed by atoms with Gasteiger partial charge in [-0.05, 0) is 19.3 Å². The molecule has 1 aliphatic heterocycles. The summed E-state index contributed by atoms with van der Waals surface area (Å²) in [7, 11) is 1.78. The van der Waals surface area contributed by atoms with Gasteiger partial charge in [0.05, 0.1) is 18.7 Å². The summed E-state index contributed by atoms with van der Waals surface area (Å²) in [6.07, 6.45) is 2.34. The van der Waals surface area contributed by atoms with Gasteiger partial charge in [0.1, 0.15) is 5.41 Å². The lowest BCUT2D eigenvalue weighted by Crippen LogP contribution is -2.41. The van der Waals surface area contributed by atoms with Crippen LogP contribution < -0.4 is 0 Å². The fourth-order valence-corrected chi connectivity index (χ4v) is 1.83. The quantitative estimate of drug-likeness (QED) is 0.644. The smallest absolute Gasteiger partial charge is 0.243 e. The first-order valence-corrected chi connectivity index (χ1v) is 4.96. The van der Waals surface area contributed by atoms with Crippen molar-refractivity contribution in [1.29, 1.82) is 5.26 Å². The molecule has 76 valence electrons. The van der Waals surface area contributed by atoms with Gasteiger partial charge in [0, 0.05) is 13.7 Å². The average molecular weight is 194 g/mol. The Balaban J connectivity index is 2.01. The molecule has 4 heteroatoms. The molecule has 1 heterocycles. The lowest BCUT2D eigenvalue weighted by Gasteiger charge is -2.25. The molecule has 0 radical (unpaired) electrons. The van der Waals surface area contributed by atoms with Crippen molar-refractivity contribution in [1.82, 2.24) is 4.90 Å². The van der Waals surface area contributed by atoms with Crippen molar-refractivity contribution in [3.05, 3.63) is 0 Å². The van der Waals surface area contributed by atoms with E-state index in [2.05, 4.69) is 6.07 Å². The molecule has 1 atom stereocenters. The van der Waals surface area contributed by atoms with Crippen molar-refractivity contribution < 1.29 is 9.53 Å². The van der Waals surface area contributed by atoms with Crippen LogP contribution in [0.3, 0.4) is 0 Å². The highest BCUT2D eigenvalue weighted by molar-refractivity contribution is 5.88. The topological polar surface area (TPSA) is 53.3 Å². The van der Waals surface area contributed by atoms with Crippen LogP contribution in [0.15, 0.2) is 0 Å². The Kier molecular flexibility index (Phi) is 2.20. The lowest BCUT2D eigenvalue weighted by atomic mass is 10.1. The number of likely N-dealkylation sites (N-methyl/N-ethyl adjacent to an activating group) is 1. The Bertz CT molecular complexity index is 285. The summed E-state index contributed by atoms with van der Waals surface area (Å²) < 4.78 is 5.22. The molecule has 4 nitrogen and oxygen atoms in total. The Morgan fingerprint density at radius 2 is 2.36 bits per heavy atom. The molecule has 2 fully saturated rings. The maximum Gasteiger partial charge on any atom is 0.243 e. The van der Waals surface area contributed by atoms with Gasteiger partial charge in [-0.2, -0.15) is 5.26 Å². The summed E-state index contributed by atoms with van der Waals surface area (Å²) >= 11 is 0. The van der Waals surface area contributed by atoms with E-state index >= 15 is 0 Å². The van der Waals surface area contributed by atoms with Crippen molar-refractivity contribution in [2.75, 3.05) is 20.3 Å². The van der Waals surface area contributed by atoms with Crippen molar-refractivity contribution in [3.63, 3.8) is 0 Å². The van der Waals surface area contributed by atoms with E-state index in [0.29, 0.717) is 6.61 Å². The second-order valence-corrected chi connectivity index (χ2v) is 4.13. The number of rotatable bonds is 2. The molecule has 0 bridgehead atoms. The number of nitrogens with zero attached hydrogens (tertiary/aromatic N) is 2. The molecule has 1 saturated heterocycles. The zero-order valence-corrected chi connectivity index (χ0v) is 8.32. The molecule has 1 saturated carbocycles. The number of hydrogen-bond donors (Lipinski definition) is 0. The molecule has 1 unspecified atom stereocenters. The second-order valence-electron chi connectivity index (χ2n) is 4.13. The number of carbonyl (C=O) groups excluding carboxylic acids is 1. The van der Waals surface area contributed by atoms with Gasteiger partial charge in [-0.15, -0.1) is 0 Å². The molecule has 0 aromatic heterocycles. The van der Waals surface area contributed by atoms with Gasteiger partial charge >= 0.3 is 0 Å². The standard InChI is InChI=1S/C10H14N2O2/c1-12(8-2-5-14-6-8)9(13)10(7-11)3-4-10/h8H,2-6H2,1H3. The maximum atomic E-state index is 11.9. The number of hydrogen-bond acceptors (Lipinski definition) is 3. The Hall–Kier alpha value is -1.08. The third kappa shape index (κ3) is 1.38. The van der Waals surface area contributed by atoms with Crippen LogP contribution in [0.5, 0.6) is 0 Å². The molecule has 2 rings (SSSR count). The lowest BCUT2D eigenvalue weighted by molar-refractivity contribution is -0.135. The van der Waals surface area contributed by atoms with Crippen LogP contribution in [0.1, 0.15) is 19.3 Å². The number of carbonyl (C=O) groups is 1. The van der Waals surface area contributed by atoms with Crippen LogP contribution >= 0.6 is 0 Å². The number of nitriles is 1. The van der Waals surface area contributed by atoms with Crippen LogP contribution in [-0.2, 0) is 9.53 Å². The number of amides is 1. The van der Waals surface area contributed by atoms with E-state index in [9.17, 15) is 4.79 Å². The molecule has 0 spiro atoms. The normalized spacial score (nSPS) is 28.1. The van der Waals surface area contributed by atoms with Crippen LogP contribution in [0, 0.1) is 16.7 Å². The SMILES string of the molecule is CN(C(=O)C1(C#N)CC1)C1CCOC1. The van der Waals surface area contributed by atoms with E-state index in [1.807, 2.05) is 0 Å². The number of ether oxygens (including phenoxy) is 1. The molecule has 14 heavy (non-hydrogen) atoms.